The van der Waals surface area contributed by atoms with E-state index in [0.717, 1.165) is 18.4 Å². The molecule has 4 aliphatic carbocycles. The van der Waals surface area contributed by atoms with Gasteiger partial charge in [0.2, 0.25) is 0 Å². The minimum Gasteiger partial charge on any atom is -0.396 e. The molecule has 27 heavy (non-hydrogen) atoms. The van der Waals surface area contributed by atoms with Gasteiger partial charge in [0.1, 0.15) is 6.10 Å². The highest BCUT2D eigenvalue weighted by molar-refractivity contribution is 6.30. The fraction of sp³-hybridized carbons (Fsp3) is 0.810. The van der Waals surface area contributed by atoms with E-state index in [1.54, 1.807) is 0 Å². The first-order chi connectivity index (χ1) is 12.7. The molecule has 6 heteroatoms. The molecule has 5 nitrogen and oxygen atoms in total. The third-order valence-corrected chi connectivity index (χ3v) is 8.71. The van der Waals surface area contributed by atoms with Gasteiger partial charge in [0.15, 0.2) is 5.60 Å². The van der Waals surface area contributed by atoms with Crippen LogP contribution in [0.3, 0.4) is 0 Å². The van der Waals surface area contributed by atoms with Gasteiger partial charge in [-0.3, -0.25) is 0 Å². The summed E-state index contributed by atoms with van der Waals surface area (Å²) < 4.78 is 0. The van der Waals surface area contributed by atoms with E-state index < -0.39 is 29.3 Å². The summed E-state index contributed by atoms with van der Waals surface area (Å²) in [6.07, 6.45) is 3.28. The van der Waals surface area contributed by atoms with Crippen molar-refractivity contribution in [1.29, 1.82) is 0 Å². The molecule has 0 aromatic rings. The van der Waals surface area contributed by atoms with Crippen molar-refractivity contribution in [3.8, 4) is 11.3 Å². The van der Waals surface area contributed by atoms with Crippen molar-refractivity contribution in [1.82, 2.24) is 0 Å². The Morgan fingerprint density at radius 2 is 1.93 bits per heavy atom. The van der Waals surface area contributed by atoms with Crippen LogP contribution >= 0.6 is 11.6 Å². The lowest BCUT2D eigenvalue weighted by molar-refractivity contribution is -0.150. The second-order valence-electron chi connectivity index (χ2n) is 9.33. The molecule has 5 N–H and O–H groups in total. The van der Waals surface area contributed by atoms with Crippen molar-refractivity contribution in [2.24, 2.45) is 28.6 Å². The Kier molecular flexibility index (Phi) is 4.71. The number of fused-ring (bicyclic) bond motifs is 5. The molecule has 4 aliphatic rings. The zero-order valence-electron chi connectivity index (χ0n) is 15.6. The maximum atomic E-state index is 11.2. The largest absolute Gasteiger partial charge is 0.396 e. The number of hydrogen-bond acceptors (Lipinski definition) is 5. The number of hydrogen-bond donors (Lipinski definition) is 5. The molecule has 150 valence electrons. The van der Waals surface area contributed by atoms with Gasteiger partial charge in [-0.25, -0.2) is 0 Å². The van der Waals surface area contributed by atoms with Crippen molar-refractivity contribution >= 4 is 11.6 Å². The highest BCUT2D eigenvalue weighted by Crippen LogP contribution is 2.67. The molecular weight excluding hydrogens is 368 g/mol. The highest BCUT2D eigenvalue weighted by Gasteiger charge is 2.69. The van der Waals surface area contributed by atoms with Gasteiger partial charge in [0.25, 0.3) is 0 Å². The number of allylic oxidation sites excluding steroid dienone is 1. The molecule has 0 radical (unpaired) electrons. The van der Waals surface area contributed by atoms with Crippen LogP contribution in [0.1, 0.15) is 45.4 Å². The Hall–Kier alpha value is -0.610. The minimum atomic E-state index is -1.70. The molecule has 0 amide bonds. The number of aliphatic hydroxyl groups excluding tert-OH is 4. The predicted molar refractivity (Wildman–Crippen MR) is 100 cm³/mol. The molecule has 9 atom stereocenters. The molecule has 0 aliphatic heterocycles. The van der Waals surface area contributed by atoms with E-state index in [1.807, 2.05) is 0 Å². The van der Waals surface area contributed by atoms with Crippen LogP contribution in [0, 0.1) is 39.9 Å². The van der Waals surface area contributed by atoms with Crippen LogP contribution in [0.2, 0.25) is 0 Å². The van der Waals surface area contributed by atoms with Gasteiger partial charge in [0, 0.05) is 10.8 Å². The van der Waals surface area contributed by atoms with E-state index in [4.69, 9.17) is 11.6 Å². The Labute approximate surface area is 165 Å². The lowest BCUT2D eigenvalue weighted by atomic mass is 9.46. The highest BCUT2D eigenvalue weighted by atomic mass is 35.5. The summed E-state index contributed by atoms with van der Waals surface area (Å²) in [6, 6.07) is 0. The monoisotopic (exact) mass is 396 g/mol. The molecule has 0 bridgehead atoms. The van der Waals surface area contributed by atoms with Crippen LogP contribution < -0.4 is 0 Å². The summed E-state index contributed by atoms with van der Waals surface area (Å²) in [6.45, 7) is 1.93. The Morgan fingerprint density at radius 1 is 1.19 bits per heavy atom. The molecule has 3 fully saturated rings. The van der Waals surface area contributed by atoms with Gasteiger partial charge >= 0.3 is 0 Å². The Bertz CT molecular complexity index is 713. The fourth-order valence-corrected chi connectivity index (χ4v) is 7.29. The van der Waals surface area contributed by atoms with Crippen molar-refractivity contribution in [2.45, 2.75) is 69.4 Å². The summed E-state index contributed by atoms with van der Waals surface area (Å²) in [5.41, 5.74) is -1.85. The van der Waals surface area contributed by atoms with E-state index >= 15 is 0 Å². The van der Waals surface area contributed by atoms with Gasteiger partial charge in [-0.1, -0.05) is 13.0 Å². The van der Waals surface area contributed by atoms with Crippen LogP contribution in [0.15, 0.2) is 11.6 Å². The van der Waals surface area contributed by atoms with E-state index in [0.29, 0.717) is 25.7 Å². The minimum absolute atomic E-state index is 0.0719. The number of rotatable bonds is 1. The summed E-state index contributed by atoms with van der Waals surface area (Å²) in [4.78, 5) is 0. The summed E-state index contributed by atoms with van der Waals surface area (Å²) in [5.74, 6) is 3.00. The first kappa shape index (κ1) is 19.7. The maximum Gasteiger partial charge on any atom is 0.160 e. The summed E-state index contributed by atoms with van der Waals surface area (Å²) in [7, 11) is 0. The average Bonchev–Trinajstić information content (AvgIpc) is 2.87. The van der Waals surface area contributed by atoms with Crippen molar-refractivity contribution in [2.75, 3.05) is 6.61 Å². The predicted octanol–water partition coefficient (Wildman–Crippen LogP) is 1.15. The molecular formula is C21H29ClO5. The second kappa shape index (κ2) is 6.45. The van der Waals surface area contributed by atoms with E-state index in [2.05, 4.69) is 24.3 Å². The van der Waals surface area contributed by atoms with Crippen molar-refractivity contribution in [3.05, 3.63) is 11.6 Å². The first-order valence-electron chi connectivity index (χ1n) is 9.96. The van der Waals surface area contributed by atoms with Crippen LogP contribution in [-0.2, 0) is 0 Å². The standard InChI is InChI=1S/C21H29ClO5/c1-19-6-5-16(24)18(26)14(19)3-2-12-13(19)4-7-20(11-23)15(12)10-17(25)21(20,27)8-9-22/h3,12-13,15-18,23-27H,2,4-7,10-11H2,1H3/t12-,13+,15+,16+,17-,18+,19-,20-,21+/m1/s1. The van der Waals surface area contributed by atoms with Gasteiger partial charge < -0.3 is 25.5 Å². The smallest absolute Gasteiger partial charge is 0.160 e. The number of halogens is 1. The molecule has 0 aromatic carbocycles. The SMILES string of the molecule is C[C@]12CC[C@H](O)[C@@H](O)C1=CC[C@H]1[C@@H]3C[C@@H](O)[C@@](O)(C#CCl)[C@@]3(CO)CC[C@@H]12. The van der Waals surface area contributed by atoms with Gasteiger partial charge in [-0.2, -0.15) is 0 Å². The molecule has 0 aromatic heterocycles. The normalized spacial score (nSPS) is 54.1. The molecule has 3 saturated carbocycles. The number of aliphatic hydroxyl groups is 5. The molecule has 4 rings (SSSR count). The van der Waals surface area contributed by atoms with Crippen LogP contribution in [0.5, 0.6) is 0 Å². The van der Waals surface area contributed by atoms with Crippen LogP contribution in [-0.4, -0.2) is 56.1 Å². The van der Waals surface area contributed by atoms with Gasteiger partial charge in [-0.15, -0.1) is 0 Å². The summed E-state index contributed by atoms with van der Waals surface area (Å²) in [5, 5.41) is 55.1. The lowest BCUT2D eigenvalue weighted by Crippen LogP contribution is -2.59. The zero-order valence-corrected chi connectivity index (χ0v) is 16.4. The third-order valence-electron chi connectivity index (χ3n) is 8.61. The molecule has 0 unspecified atom stereocenters. The topological polar surface area (TPSA) is 101 Å². The lowest BCUT2D eigenvalue weighted by Gasteiger charge is -2.59. The van der Waals surface area contributed by atoms with Crippen molar-refractivity contribution in [3.63, 3.8) is 0 Å². The molecule has 0 heterocycles. The first-order valence-corrected chi connectivity index (χ1v) is 10.3. The van der Waals surface area contributed by atoms with Crippen LogP contribution in [0.4, 0.5) is 0 Å². The van der Waals surface area contributed by atoms with Crippen molar-refractivity contribution < 1.29 is 25.5 Å². The third kappa shape index (κ3) is 2.38. The quantitative estimate of drug-likeness (QED) is 0.338. The van der Waals surface area contributed by atoms with Crippen LogP contribution in [0.25, 0.3) is 0 Å². The van der Waals surface area contributed by atoms with E-state index in [-0.39, 0.29) is 29.8 Å². The Balaban J connectivity index is 1.75. The fourth-order valence-electron chi connectivity index (χ4n) is 7.15. The van der Waals surface area contributed by atoms with Gasteiger partial charge in [-0.05, 0) is 84.8 Å². The van der Waals surface area contributed by atoms with Gasteiger partial charge in [0.05, 0.1) is 18.8 Å². The zero-order chi connectivity index (χ0) is 19.6. The maximum absolute atomic E-state index is 11.2. The van der Waals surface area contributed by atoms with E-state index in [9.17, 15) is 25.5 Å². The van der Waals surface area contributed by atoms with E-state index in [1.165, 1.54) is 0 Å². The average molecular weight is 397 g/mol. The Morgan fingerprint density at radius 3 is 2.59 bits per heavy atom. The summed E-state index contributed by atoms with van der Waals surface area (Å²) >= 11 is 5.59. The molecule has 0 spiro atoms. The molecule has 0 saturated heterocycles. The second-order valence-corrected chi connectivity index (χ2v) is 9.52.